The van der Waals surface area contributed by atoms with Gasteiger partial charge < -0.3 is 19.3 Å². The molecule has 3 aromatic carbocycles. The molecule has 5 aromatic rings. The van der Waals surface area contributed by atoms with E-state index in [2.05, 4.69) is 0 Å². The second-order valence-electron chi connectivity index (χ2n) is 13.4. The van der Waals surface area contributed by atoms with E-state index < -0.39 is 11.2 Å². The summed E-state index contributed by atoms with van der Waals surface area (Å²) in [5.74, 6) is 0.108. The summed E-state index contributed by atoms with van der Waals surface area (Å²) in [6.07, 6.45) is 0.457. The molecule has 0 atom stereocenters. The molecule has 0 radical (unpaired) electrons. The summed E-state index contributed by atoms with van der Waals surface area (Å²) < 4.78 is 18.1. The number of carbonyl (C=O) groups excluding carboxylic acids is 4. The monoisotopic (exact) mass is 702 g/mol. The summed E-state index contributed by atoms with van der Waals surface area (Å²) >= 11 is 2.75. The number of aromatic hydroxyl groups is 1. The van der Waals surface area contributed by atoms with Crippen molar-refractivity contribution in [3.05, 3.63) is 94.2 Å². The lowest BCUT2D eigenvalue weighted by molar-refractivity contribution is -0.155. The Hall–Kier alpha value is -4.54. The van der Waals surface area contributed by atoms with Gasteiger partial charge in [-0.3, -0.25) is 19.2 Å². The van der Waals surface area contributed by atoms with Crippen LogP contribution in [0.25, 0.3) is 20.2 Å². The van der Waals surface area contributed by atoms with Crippen molar-refractivity contribution >= 4 is 66.4 Å². The van der Waals surface area contributed by atoms with Crippen LogP contribution in [0.1, 0.15) is 92.1 Å². The van der Waals surface area contributed by atoms with Crippen molar-refractivity contribution in [2.45, 2.75) is 85.0 Å². The van der Waals surface area contributed by atoms with E-state index in [1.165, 1.54) is 22.7 Å². The third kappa shape index (κ3) is 12.1. The quantitative estimate of drug-likeness (QED) is 0.107. The smallest absolute Gasteiger partial charge is 0.306 e. The minimum atomic E-state index is -0.534. The summed E-state index contributed by atoms with van der Waals surface area (Å²) in [5.41, 5.74) is 0.0372. The van der Waals surface area contributed by atoms with Gasteiger partial charge in [-0.1, -0.05) is 30.3 Å². The lowest BCUT2D eigenvalue weighted by atomic mass is 10.1. The first-order valence-corrected chi connectivity index (χ1v) is 17.6. The molecule has 0 aliphatic heterocycles. The molecular weight excluding hydrogens is 661 g/mol. The number of benzene rings is 3. The van der Waals surface area contributed by atoms with Crippen LogP contribution in [0.2, 0.25) is 0 Å². The number of hydrogen-bond acceptors (Lipinski definition) is 10. The Morgan fingerprint density at radius 1 is 0.612 bits per heavy atom. The average Bonchev–Trinajstić information content (AvgIpc) is 3.65. The molecular formula is C39H42O8S2. The third-order valence-electron chi connectivity index (χ3n) is 6.75. The molecule has 0 saturated heterocycles. The maximum atomic E-state index is 12.5. The maximum Gasteiger partial charge on any atom is 0.306 e. The van der Waals surface area contributed by atoms with Gasteiger partial charge in [-0.15, -0.1) is 22.7 Å². The van der Waals surface area contributed by atoms with Gasteiger partial charge in [0.05, 0.1) is 22.6 Å². The van der Waals surface area contributed by atoms with Crippen LogP contribution in [0, 0.1) is 0 Å². The average molecular weight is 703 g/mol. The summed E-state index contributed by atoms with van der Waals surface area (Å²) in [4.78, 5) is 49.2. The number of fused-ring (bicyclic) bond motifs is 2. The first kappa shape index (κ1) is 37.3. The van der Waals surface area contributed by atoms with E-state index >= 15 is 0 Å². The van der Waals surface area contributed by atoms with E-state index in [0.29, 0.717) is 16.4 Å². The van der Waals surface area contributed by atoms with Gasteiger partial charge in [0.15, 0.2) is 11.6 Å². The highest BCUT2D eigenvalue weighted by Gasteiger charge is 2.20. The van der Waals surface area contributed by atoms with Crippen molar-refractivity contribution in [2.75, 3.05) is 0 Å². The highest BCUT2D eigenvalue weighted by Crippen LogP contribution is 2.31. The van der Waals surface area contributed by atoms with Gasteiger partial charge in [0.25, 0.3) is 0 Å². The molecule has 258 valence electrons. The molecule has 0 bridgehead atoms. The fourth-order valence-electron chi connectivity index (χ4n) is 4.60. The molecule has 0 spiro atoms. The Morgan fingerprint density at radius 2 is 1.10 bits per heavy atom. The van der Waals surface area contributed by atoms with Crippen molar-refractivity contribution < 1.29 is 38.5 Å². The first-order valence-electron chi connectivity index (χ1n) is 16.0. The Bertz CT molecular complexity index is 1920. The number of thiophene rings is 2. The van der Waals surface area contributed by atoms with E-state index in [0.717, 1.165) is 31.5 Å². The number of Topliss-reactive ketones (excluding diaryl/α,β-unsaturated/α-hetero) is 2. The predicted octanol–water partition coefficient (Wildman–Crippen LogP) is 9.70. The van der Waals surface area contributed by atoms with E-state index in [1.54, 1.807) is 45.0 Å². The standard InChI is InChI=1S/C23H24O4S.C16H18O4S/c1-23(2,3)27-22(25)12-11-19(24)21-13-17-9-10-18(14-20(17)28-21)26-15-16-7-5-4-6-8-16;1-16(2,3)20-15(19)7-6-12(18)14-8-10-4-5-11(17)9-13(10)21-14/h4-10,13-14H,11-12,15H2,1-3H3;4-5,8-9,17H,6-7H2,1-3H3. The highest BCUT2D eigenvalue weighted by molar-refractivity contribution is 7.21. The van der Waals surface area contributed by atoms with Gasteiger partial charge in [0, 0.05) is 22.2 Å². The van der Waals surface area contributed by atoms with Crippen LogP contribution in [0.15, 0.2) is 78.9 Å². The zero-order valence-electron chi connectivity index (χ0n) is 28.7. The molecule has 0 unspecified atom stereocenters. The zero-order chi connectivity index (χ0) is 35.8. The number of esters is 2. The minimum absolute atomic E-state index is 0.0428. The molecule has 5 rings (SSSR count). The van der Waals surface area contributed by atoms with E-state index in [1.807, 2.05) is 75.4 Å². The van der Waals surface area contributed by atoms with Crippen LogP contribution in [0.4, 0.5) is 0 Å². The number of carbonyl (C=O) groups is 4. The van der Waals surface area contributed by atoms with Crippen LogP contribution in [-0.2, 0) is 25.7 Å². The largest absolute Gasteiger partial charge is 0.508 e. The van der Waals surface area contributed by atoms with Gasteiger partial charge in [-0.25, -0.2) is 0 Å². The first-order chi connectivity index (χ1) is 23.0. The molecule has 49 heavy (non-hydrogen) atoms. The molecule has 10 heteroatoms. The third-order valence-corrected chi connectivity index (χ3v) is 9.02. The molecule has 0 fully saturated rings. The number of hydrogen-bond donors (Lipinski definition) is 1. The van der Waals surface area contributed by atoms with Gasteiger partial charge >= 0.3 is 11.9 Å². The lowest BCUT2D eigenvalue weighted by Crippen LogP contribution is -2.24. The SMILES string of the molecule is CC(C)(C)OC(=O)CCC(=O)c1cc2ccc(O)cc2s1.CC(C)(C)OC(=O)CCC(=O)c1cc2ccc(OCc3ccccc3)cc2s1. The fourth-order valence-corrected chi connectivity index (χ4v) is 6.72. The van der Waals surface area contributed by atoms with Crippen LogP contribution in [-0.4, -0.2) is 39.8 Å². The normalized spacial score (nSPS) is 11.5. The van der Waals surface area contributed by atoms with Crippen LogP contribution in [0.5, 0.6) is 11.5 Å². The number of phenols is 1. The molecule has 2 aromatic heterocycles. The van der Waals surface area contributed by atoms with Gasteiger partial charge in [-0.2, -0.15) is 0 Å². The van der Waals surface area contributed by atoms with Gasteiger partial charge in [0.2, 0.25) is 0 Å². The summed E-state index contributed by atoms with van der Waals surface area (Å²) in [6.45, 7) is 11.3. The van der Waals surface area contributed by atoms with Crippen molar-refractivity contribution in [1.29, 1.82) is 0 Å². The molecule has 0 amide bonds. The Balaban J connectivity index is 0.000000230. The summed E-state index contributed by atoms with van der Waals surface area (Å²) in [5, 5.41) is 11.3. The van der Waals surface area contributed by atoms with Gasteiger partial charge in [-0.05, 0) is 106 Å². The Kier molecular flexibility index (Phi) is 12.4. The number of ether oxygens (including phenoxy) is 3. The lowest BCUT2D eigenvalue weighted by Gasteiger charge is -2.19. The Morgan fingerprint density at radius 3 is 1.61 bits per heavy atom. The molecule has 0 aliphatic carbocycles. The van der Waals surface area contributed by atoms with E-state index in [9.17, 15) is 24.3 Å². The molecule has 0 saturated carbocycles. The summed E-state index contributed by atoms with van der Waals surface area (Å²) in [6, 6.07) is 24.4. The highest BCUT2D eigenvalue weighted by atomic mass is 32.1. The fraction of sp³-hybridized carbons (Fsp3) is 0.333. The topological polar surface area (TPSA) is 116 Å². The predicted molar refractivity (Wildman–Crippen MR) is 195 cm³/mol. The van der Waals surface area contributed by atoms with Crippen molar-refractivity contribution in [3.63, 3.8) is 0 Å². The number of rotatable bonds is 11. The number of ketones is 2. The van der Waals surface area contributed by atoms with Crippen LogP contribution < -0.4 is 4.74 Å². The Labute approximate surface area is 294 Å². The van der Waals surface area contributed by atoms with Crippen molar-refractivity contribution in [2.24, 2.45) is 0 Å². The molecule has 8 nitrogen and oxygen atoms in total. The van der Waals surface area contributed by atoms with Crippen molar-refractivity contribution in [1.82, 2.24) is 0 Å². The zero-order valence-corrected chi connectivity index (χ0v) is 30.3. The van der Waals surface area contributed by atoms with E-state index in [-0.39, 0.29) is 54.9 Å². The summed E-state index contributed by atoms with van der Waals surface area (Å²) in [7, 11) is 0. The minimum Gasteiger partial charge on any atom is -0.508 e. The van der Waals surface area contributed by atoms with Gasteiger partial charge in [0.1, 0.15) is 29.3 Å². The van der Waals surface area contributed by atoms with Crippen LogP contribution >= 0.6 is 22.7 Å². The number of phenolic OH excluding ortho intramolecular Hbond substituents is 1. The molecule has 0 aliphatic rings. The molecule has 2 heterocycles. The molecule has 1 N–H and O–H groups in total. The van der Waals surface area contributed by atoms with E-state index in [4.69, 9.17) is 14.2 Å². The second kappa shape index (κ2) is 16.2. The second-order valence-corrected chi connectivity index (χ2v) is 15.6. The van der Waals surface area contributed by atoms with Crippen LogP contribution in [0.3, 0.4) is 0 Å². The van der Waals surface area contributed by atoms with Crippen molar-refractivity contribution in [3.8, 4) is 11.5 Å². The maximum absolute atomic E-state index is 12.5.